The van der Waals surface area contributed by atoms with Gasteiger partial charge in [0.2, 0.25) is 0 Å². The van der Waals surface area contributed by atoms with Crippen LogP contribution in [0, 0.1) is 0 Å². The molecule has 0 aromatic rings. The van der Waals surface area contributed by atoms with E-state index in [1.54, 1.807) is 0 Å². The lowest BCUT2D eigenvalue weighted by Crippen LogP contribution is -2.37. The highest BCUT2D eigenvalue weighted by Gasteiger charge is 2.16. The molecule has 1 aliphatic heterocycles. The maximum absolute atomic E-state index is 5.66. The Balaban J connectivity index is 0.000000671. The van der Waals surface area contributed by atoms with E-state index in [2.05, 4.69) is 18.9 Å². The Morgan fingerprint density at radius 1 is 1.38 bits per heavy atom. The minimum Gasteiger partial charge on any atom is -0.377 e. The fourth-order valence-electron chi connectivity index (χ4n) is 1.54. The molecule has 80 valence electrons. The molecule has 0 amide bonds. The molecular formula is C11H25NO. The van der Waals surface area contributed by atoms with E-state index < -0.39 is 0 Å². The number of rotatable bonds is 3. The third-order valence-corrected chi connectivity index (χ3v) is 2.14. The second-order valence-electron chi connectivity index (χ2n) is 3.40. The van der Waals surface area contributed by atoms with Gasteiger partial charge in [0.05, 0.1) is 6.10 Å². The molecule has 1 fully saturated rings. The van der Waals surface area contributed by atoms with Crippen molar-refractivity contribution in [3.63, 3.8) is 0 Å². The summed E-state index contributed by atoms with van der Waals surface area (Å²) in [5.41, 5.74) is 0. The first-order chi connectivity index (χ1) is 6.33. The third kappa shape index (κ3) is 6.05. The maximum atomic E-state index is 5.66. The van der Waals surface area contributed by atoms with Gasteiger partial charge >= 0.3 is 0 Å². The smallest absolute Gasteiger partial charge is 0.0702 e. The van der Waals surface area contributed by atoms with E-state index >= 15 is 0 Å². The van der Waals surface area contributed by atoms with E-state index in [0.717, 1.165) is 19.6 Å². The van der Waals surface area contributed by atoms with Gasteiger partial charge in [0.25, 0.3) is 0 Å². The highest BCUT2D eigenvalue weighted by atomic mass is 16.5. The molecule has 2 nitrogen and oxygen atoms in total. The molecule has 1 heterocycles. The highest BCUT2D eigenvalue weighted by molar-refractivity contribution is 4.70. The molecule has 1 unspecified atom stereocenters. The van der Waals surface area contributed by atoms with E-state index in [0.29, 0.717) is 6.10 Å². The van der Waals surface area contributed by atoms with Crippen LogP contribution < -0.4 is 0 Å². The molecule has 0 aromatic heterocycles. The van der Waals surface area contributed by atoms with Gasteiger partial charge in [-0.15, -0.1) is 0 Å². The van der Waals surface area contributed by atoms with Crippen LogP contribution in [0.15, 0.2) is 0 Å². The number of piperidine rings is 1. The number of likely N-dealkylation sites (N-methyl/N-ethyl adjacent to an activating group) is 1. The standard InChI is InChI=1S/C9H19NO.C2H6/c1-3-7-11-9-5-4-6-10(2)8-9;1-2/h9H,3-8H2,1-2H3;1-2H3. The van der Waals surface area contributed by atoms with Gasteiger partial charge in [0, 0.05) is 13.2 Å². The molecule has 1 aliphatic rings. The first-order valence-electron chi connectivity index (χ1n) is 5.63. The lowest BCUT2D eigenvalue weighted by Gasteiger charge is -2.29. The van der Waals surface area contributed by atoms with Crippen LogP contribution in [0.1, 0.15) is 40.0 Å². The minimum atomic E-state index is 0.508. The van der Waals surface area contributed by atoms with Crippen LogP contribution in [0.5, 0.6) is 0 Å². The molecule has 0 aromatic carbocycles. The Bertz CT molecular complexity index is 106. The quantitative estimate of drug-likeness (QED) is 0.673. The van der Waals surface area contributed by atoms with Gasteiger partial charge in [-0.05, 0) is 32.9 Å². The van der Waals surface area contributed by atoms with Gasteiger partial charge < -0.3 is 9.64 Å². The first kappa shape index (κ1) is 12.9. The van der Waals surface area contributed by atoms with E-state index in [9.17, 15) is 0 Å². The van der Waals surface area contributed by atoms with Crippen molar-refractivity contribution >= 4 is 0 Å². The van der Waals surface area contributed by atoms with Crippen LogP contribution in [0.3, 0.4) is 0 Å². The average Bonchev–Trinajstić information content (AvgIpc) is 2.18. The zero-order valence-corrected chi connectivity index (χ0v) is 9.68. The van der Waals surface area contributed by atoms with Crippen molar-refractivity contribution in [2.24, 2.45) is 0 Å². The van der Waals surface area contributed by atoms with Crippen molar-refractivity contribution in [3.8, 4) is 0 Å². The normalized spacial score (nSPS) is 23.5. The molecule has 1 saturated heterocycles. The van der Waals surface area contributed by atoms with Crippen molar-refractivity contribution in [3.05, 3.63) is 0 Å². The largest absolute Gasteiger partial charge is 0.377 e. The Morgan fingerprint density at radius 2 is 2.08 bits per heavy atom. The molecule has 0 aliphatic carbocycles. The summed E-state index contributed by atoms with van der Waals surface area (Å²) in [5.74, 6) is 0. The van der Waals surface area contributed by atoms with Gasteiger partial charge in [-0.2, -0.15) is 0 Å². The average molecular weight is 187 g/mol. The summed E-state index contributed by atoms with van der Waals surface area (Å²) in [6.45, 7) is 9.46. The number of hydrogen-bond donors (Lipinski definition) is 0. The number of hydrogen-bond acceptors (Lipinski definition) is 2. The number of ether oxygens (including phenoxy) is 1. The zero-order valence-electron chi connectivity index (χ0n) is 9.68. The van der Waals surface area contributed by atoms with Crippen LogP contribution in [0.4, 0.5) is 0 Å². The second kappa shape index (κ2) is 8.52. The lowest BCUT2D eigenvalue weighted by molar-refractivity contribution is 0.00690. The van der Waals surface area contributed by atoms with Crippen LogP contribution in [0.2, 0.25) is 0 Å². The van der Waals surface area contributed by atoms with E-state index in [-0.39, 0.29) is 0 Å². The fourth-order valence-corrected chi connectivity index (χ4v) is 1.54. The van der Waals surface area contributed by atoms with Crippen molar-refractivity contribution in [1.29, 1.82) is 0 Å². The topological polar surface area (TPSA) is 12.5 Å². The van der Waals surface area contributed by atoms with Crippen molar-refractivity contribution in [2.75, 3.05) is 26.7 Å². The lowest BCUT2D eigenvalue weighted by atomic mass is 10.1. The van der Waals surface area contributed by atoms with E-state index in [1.807, 2.05) is 13.8 Å². The molecule has 0 N–H and O–H groups in total. The Kier molecular flexibility index (Phi) is 8.46. The predicted octanol–water partition coefficient (Wildman–Crippen LogP) is 2.53. The summed E-state index contributed by atoms with van der Waals surface area (Å²) >= 11 is 0. The summed E-state index contributed by atoms with van der Waals surface area (Å²) in [6, 6.07) is 0. The zero-order chi connectivity index (χ0) is 10.1. The Labute approximate surface area is 83.3 Å². The summed E-state index contributed by atoms with van der Waals surface area (Å²) in [5, 5.41) is 0. The minimum absolute atomic E-state index is 0.508. The van der Waals surface area contributed by atoms with E-state index in [1.165, 1.54) is 19.4 Å². The van der Waals surface area contributed by atoms with Gasteiger partial charge in [0.1, 0.15) is 0 Å². The van der Waals surface area contributed by atoms with Crippen LogP contribution in [-0.4, -0.2) is 37.7 Å². The Morgan fingerprint density at radius 3 is 2.62 bits per heavy atom. The molecule has 0 spiro atoms. The number of likely N-dealkylation sites (tertiary alicyclic amines) is 1. The molecule has 0 saturated carbocycles. The number of nitrogens with zero attached hydrogens (tertiary/aromatic N) is 1. The van der Waals surface area contributed by atoms with Crippen LogP contribution >= 0.6 is 0 Å². The molecule has 0 bridgehead atoms. The monoisotopic (exact) mass is 187 g/mol. The summed E-state index contributed by atoms with van der Waals surface area (Å²) in [7, 11) is 2.17. The summed E-state index contributed by atoms with van der Waals surface area (Å²) in [6.07, 6.45) is 4.20. The molecule has 1 atom stereocenters. The van der Waals surface area contributed by atoms with Crippen molar-refractivity contribution in [1.82, 2.24) is 4.90 Å². The third-order valence-electron chi connectivity index (χ3n) is 2.14. The van der Waals surface area contributed by atoms with Crippen molar-refractivity contribution in [2.45, 2.75) is 46.1 Å². The fraction of sp³-hybridized carbons (Fsp3) is 1.00. The first-order valence-corrected chi connectivity index (χ1v) is 5.63. The molecule has 1 rings (SSSR count). The second-order valence-corrected chi connectivity index (χ2v) is 3.40. The Hall–Kier alpha value is -0.0800. The SMILES string of the molecule is CC.CCCOC1CCCN(C)C1. The molecule has 13 heavy (non-hydrogen) atoms. The van der Waals surface area contributed by atoms with Crippen LogP contribution in [-0.2, 0) is 4.74 Å². The van der Waals surface area contributed by atoms with E-state index in [4.69, 9.17) is 4.74 Å². The summed E-state index contributed by atoms with van der Waals surface area (Å²) < 4.78 is 5.66. The van der Waals surface area contributed by atoms with Gasteiger partial charge in [0.15, 0.2) is 0 Å². The van der Waals surface area contributed by atoms with Gasteiger partial charge in [-0.25, -0.2) is 0 Å². The highest BCUT2D eigenvalue weighted by Crippen LogP contribution is 2.11. The van der Waals surface area contributed by atoms with Gasteiger partial charge in [-0.1, -0.05) is 20.8 Å². The maximum Gasteiger partial charge on any atom is 0.0702 e. The van der Waals surface area contributed by atoms with Crippen molar-refractivity contribution < 1.29 is 4.74 Å². The summed E-state index contributed by atoms with van der Waals surface area (Å²) in [4.78, 5) is 2.35. The van der Waals surface area contributed by atoms with Crippen LogP contribution in [0.25, 0.3) is 0 Å². The van der Waals surface area contributed by atoms with Gasteiger partial charge in [-0.3, -0.25) is 0 Å². The predicted molar refractivity (Wildman–Crippen MR) is 58.1 cm³/mol. The molecular weight excluding hydrogens is 162 g/mol. The molecule has 0 radical (unpaired) electrons. The molecule has 2 heteroatoms.